The normalized spacial score (nSPS) is 40.8. The second-order valence-corrected chi connectivity index (χ2v) is 9.29. The standard InChI is InChI=1S/C22H27FN2O2/c1-25-19(26)18-15-6-20(11-21(7-15)13-22(18,21)12-20)16-2-4-17(5-3-16)27-10-14(8-23)9-24/h2-5,8,15,18H,6-7,9-13,24H2,1H3,(H,25,26)/b14-8+/t15?,18-,20+,21?,22?/m0/s1. The maximum Gasteiger partial charge on any atom is 0.223 e. The lowest BCUT2D eigenvalue weighted by Gasteiger charge is -2.46. The molecule has 4 bridgehead atoms. The average Bonchev–Trinajstić information content (AvgIpc) is 3.11. The van der Waals surface area contributed by atoms with Gasteiger partial charge in [0.2, 0.25) is 5.91 Å². The number of carbonyl (C=O) groups excluding carboxylic acids is 1. The summed E-state index contributed by atoms with van der Waals surface area (Å²) < 4.78 is 18.3. The van der Waals surface area contributed by atoms with Crippen molar-refractivity contribution in [3.05, 3.63) is 41.7 Å². The largest absolute Gasteiger partial charge is 0.489 e. The summed E-state index contributed by atoms with van der Waals surface area (Å²) in [6.07, 6.45) is 6.51. The van der Waals surface area contributed by atoms with Gasteiger partial charge < -0.3 is 15.8 Å². The van der Waals surface area contributed by atoms with E-state index in [4.69, 9.17) is 10.5 Å². The van der Waals surface area contributed by atoms with Crippen LogP contribution < -0.4 is 15.8 Å². The van der Waals surface area contributed by atoms with Crippen molar-refractivity contribution in [1.82, 2.24) is 5.32 Å². The molecule has 3 unspecified atom stereocenters. The molecule has 144 valence electrons. The second kappa shape index (κ2) is 5.57. The number of benzene rings is 1. The molecule has 4 nitrogen and oxygen atoms in total. The quantitative estimate of drug-likeness (QED) is 0.809. The van der Waals surface area contributed by atoms with E-state index in [1.807, 2.05) is 12.1 Å². The minimum Gasteiger partial charge on any atom is -0.489 e. The van der Waals surface area contributed by atoms with Crippen molar-refractivity contribution < 1.29 is 13.9 Å². The molecule has 0 aromatic heterocycles. The molecule has 1 amide bonds. The number of hydrogen-bond donors (Lipinski definition) is 2. The van der Waals surface area contributed by atoms with Gasteiger partial charge in [-0.2, -0.15) is 0 Å². The van der Waals surface area contributed by atoms with Crippen LogP contribution in [0.3, 0.4) is 0 Å². The molecule has 3 N–H and O–H groups in total. The fourth-order valence-electron chi connectivity index (χ4n) is 7.33. The Morgan fingerprint density at radius 3 is 2.70 bits per heavy atom. The first-order valence-electron chi connectivity index (χ1n) is 9.95. The predicted molar refractivity (Wildman–Crippen MR) is 101 cm³/mol. The Morgan fingerprint density at radius 2 is 2.07 bits per heavy atom. The number of ether oxygens (including phenoxy) is 1. The number of nitrogens with two attached hydrogens (primary N) is 1. The summed E-state index contributed by atoms with van der Waals surface area (Å²) in [6.45, 7) is 0.343. The van der Waals surface area contributed by atoms with Crippen LogP contribution in [-0.4, -0.2) is 26.1 Å². The molecule has 5 heteroatoms. The molecule has 0 radical (unpaired) electrons. The Labute approximate surface area is 159 Å². The van der Waals surface area contributed by atoms with Crippen molar-refractivity contribution >= 4 is 5.91 Å². The summed E-state index contributed by atoms with van der Waals surface area (Å²) >= 11 is 0. The monoisotopic (exact) mass is 370 g/mol. The molecule has 0 heterocycles. The average molecular weight is 370 g/mol. The van der Waals surface area contributed by atoms with E-state index in [0.717, 1.165) is 18.6 Å². The van der Waals surface area contributed by atoms with Gasteiger partial charge in [-0.25, -0.2) is 4.39 Å². The lowest BCUT2D eigenvalue weighted by molar-refractivity contribution is -0.129. The number of nitrogens with one attached hydrogen (secondary N) is 1. The van der Waals surface area contributed by atoms with E-state index < -0.39 is 0 Å². The van der Waals surface area contributed by atoms with Gasteiger partial charge >= 0.3 is 0 Å². The van der Waals surface area contributed by atoms with E-state index in [0.29, 0.717) is 23.2 Å². The van der Waals surface area contributed by atoms with Crippen LogP contribution in [0, 0.1) is 22.7 Å². The van der Waals surface area contributed by atoms with Crippen LogP contribution in [0.15, 0.2) is 36.2 Å². The lowest BCUT2D eigenvalue weighted by Crippen LogP contribution is -2.45. The van der Waals surface area contributed by atoms with Gasteiger partial charge in [-0.3, -0.25) is 4.79 Å². The van der Waals surface area contributed by atoms with Crippen molar-refractivity contribution in [2.75, 3.05) is 20.2 Å². The van der Waals surface area contributed by atoms with E-state index in [-0.39, 0.29) is 35.8 Å². The van der Waals surface area contributed by atoms with E-state index in [1.54, 1.807) is 7.05 Å². The Balaban J connectivity index is 1.35. The van der Waals surface area contributed by atoms with Gasteiger partial charge in [0.1, 0.15) is 12.4 Å². The highest BCUT2D eigenvalue weighted by Crippen LogP contribution is 2.91. The molecule has 0 saturated heterocycles. The van der Waals surface area contributed by atoms with Crippen LogP contribution in [0.25, 0.3) is 0 Å². The maximum atomic E-state index is 12.6. The van der Waals surface area contributed by atoms with Crippen LogP contribution in [0.5, 0.6) is 5.75 Å². The highest BCUT2D eigenvalue weighted by molar-refractivity contribution is 5.82. The van der Waals surface area contributed by atoms with Gasteiger partial charge in [0.25, 0.3) is 0 Å². The Kier molecular flexibility index (Phi) is 3.55. The van der Waals surface area contributed by atoms with E-state index >= 15 is 0 Å². The van der Waals surface area contributed by atoms with Crippen LogP contribution in [0.1, 0.15) is 37.7 Å². The molecule has 0 aliphatic heterocycles. The first-order chi connectivity index (χ1) is 13.0. The summed E-state index contributed by atoms with van der Waals surface area (Å²) in [5, 5.41) is 2.92. The number of hydrogen-bond acceptors (Lipinski definition) is 3. The van der Waals surface area contributed by atoms with Gasteiger partial charge in [-0.1, -0.05) is 12.1 Å². The van der Waals surface area contributed by atoms with Crippen LogP contribution in [0.4, 0.5) is 4.39 Å². The van der Waals surface area contributed by atoms with E-state index in [2.05, 4.69) is 17.4 Å². The zero-order chi connectivity index (χ0) is 18.9. The molecular weight excluding hydrogens is 343 g/mol. The smallest absolute Gasteiger partial charge is 0.223 e. The molecule has 1 aromatic carbocycles. The summed E-state index contributed by atoms with van der Waals surface area (Å²) in [4.78, 5) is 12.5. The van der Waals surface area contributed by atoms with Gasteiger partial charge in [0.15, 0.2) is 0 Å². The van der Waals surface area contributed by atoms with Crippen molar-refractivity contribution in [1.29, 1.82) is 0 Å². The molecule has 5 fully saturated rings. The van der Waals surface area contributed by atoms with Crippen molar-refractivity contribution in [2.45, 2.75) is 37.5 Å². The molecule has 2 spiro atoms. The van der Waals surface area contributed by atoms with E-state index in [9.17, 15) is 9.18 Å². The zero-order valence-electron chi connectivity index (χ0n) is 15.8. The highest BCUT2D eigenvalue weighted by Gasteiger charge is 2.86. The van der Waals surface area contributed by atoms with Crippen LogP contribution in [0.2, 0.25) is 0 Å². The van der Waals surface area contributed by atoms with Crippen molar-refractivity contribution in [2.24, 2.45) is 28.4 Å². The summed E-state index contributed by atoms with van der Waals surface area (Å²) in [7, 11) is 1.77. The summed E-state index contributed by atoms with van der Waals surface area (Å²) in [5.74, 6) is 1.75. The Bertz CT molecular complexity index is 822. The van der Waals surface area contributed by atoms with Gasteiger partial charge in [-0.05, 0) is 72.0 Å². The third-order valence-electron chi connectivity index (χ3n) is 8.12. The molecule has 5 atom stereocenters. The van der Waals surface area contributed by atoms with Crippen molar-refractivity contribution in [3.8, 4) is 5.75 Å². The Hall–Kier alpha value is -1.88. The van der Waals surface area contributed by atoms with E-state index in [1.165, 1.54) is 24.8 Å². The zero-order valence-corrected chi connectivity index (χ0v) is 15.8. The number of amides is 1. The maximum absolute atomic E-state index is 12.6. The van der Waals surface area contributed by atoms with Crippen LogP contribution >= 0.6 is 0 Å². The predicted octanol–water partition coefficient (Wildman–Crippen LogP) is 3.07. The van der Waals surface area contributed by atoms with Gasteiger partial charge in [0, 0.05) is 25.1 Å². The first-order valence-corrected chi connectivity index (χ1v) is 9.95. The minimum atomic E-state index is 0.162. The first kappa shape index (κ1) is 17.2. The van der Waals surface area contributed by atoms with Gasteiger partial charge in [-0.15, -0.1) is 0 Å². The fraction of sp³-hybridized carbons (Fsp3) is 0.591. The molecule has 6 rings (SSSR count). The van der Waals surface area contributed by atoms with Crippen LogP contribution in [-0.2, 0) is 10.2 Å². The molecule has 27 heavy (non-hydrogen) atoms. The SMILES string of the molecule is CNC(=O)[C@@H]1C2CC34CC13C[C@@](c1ccc(OC/C(=C/F)CN)cc1)(C2)C4. The van der Waals surface area contributed by atoms with Crippen molar-refractivity contribution in [3.63, 3.8) is 0 Å². The fourth-order valence-corrected chi connectivity index (χ4v) is 7.33. The summed E-state index contributed by atoms with van der Waals surface area (Å²) in [6, 6.07) is 8.32. The second-order valence-electron chi connectivity index (χ2n) is 9.29. The molecule has 5 aliphatic rings. The number of carbonyl (C=O) groups is 1. The minimum absolute atomic E-state index is 0.162. The molecule has 5 aliphatic carbocycles. The third kappa shape index (κ3) is 2.15. The third-order valence-corrected chi connectivity index (χ3v) is 8.12. The number of rotatable bonds is 6. The molecular formula is C22H27FN2O2. The number of halogens is 1. The Morgan fingerprint density at radius 1 is 1.30 bits per heavy atom. The van der Waals surface area contributed by atoms with Gasteiger partial charge in [0.05, 0.1) is 6.33 Å². The topological polar surface area (TPSA) is 64.3 Å². The lowest BCUT2D eigenvalue weighted by atomic mass is 9.57. The summed E-state index contributed by atoms with van der Waals surface area (Å²) in [5.41, 5.74) is 8.20. The molecule has 5 saturated carbocycles. The highest BCUT2D eigenvalue weighted by atomic mass is 19.1. The molecule has 1 aromatic rings.